The molecule has 0 amide bonds. The second-order valence-corrected chi connectivity index (χ2v) is 9.04. The van der Waals surface area contributed by atoms with Gasteiger partial charge in [0.1, 0.15) is 4.90 Å². The molecule has 0 spiro atoms. The fourth-order valence-electron chi connectivity index (χ4n) is 2.83. The van der Waals surface area contributed by atoms with Crippen LogP contribution in [-0.2, 0) is 16.6 Å². The second-order valence-electron chi connectivity index (χ2n) is 6.43. The number of nitrogens with one attached hydrogen (secondary N) is 2. The lowest BCUT2D eigenvalue weighted by Gasteiger charge is -2.31. The maximum absolute atomic E-state index is 12.7. The van der Waals surface area contributed by atoms with E-state index >= 15 is 0 Å². The van der Waals surface area contributed by atoms with Crippen molar-refractivity contribution in [3.63, 3.8) is 0 Å². The average Bonchev–Trinajstić information content (AvgIpc) is 3.06. The fraction of sp³-hybridized carbons (Fsp3) is 0.733. The van der Waals surface area contributed by atoms with E-state index in [1.807, 2.05) is 19.2 Å². The van der Waals surface area contributed by atoms with Gasteiger partial charge in [-0.25, -0.2) is 13.1 Å². The zero-order valence-electron chi connectivity index (χ0n) is 12.7. The van der Waals surface area contributed by atoms with Gasteiger partial charge >= 0.3 is 0 Å². The Hall–Kier alpha value is -0.430. The number of rotatable bonds is 7. The minimum absolute atomic E-state index is 0.0345. The molecule has 2 fully saturated rings. The minimum Gasteiger partial charge on any atom is -0.309 e. The molecule has 0 radical (unpaired) electrons. The molecule has 0 bridgehead atoms. The normalized spacial score (nSPS) is 21.2. The lowest BCUT2D eigenvalue weighted by Crippen LogP contribution is -2.41. The number of thiophene rings is 1. The molecule has 2 aliphatic rings. The van der Waals surface area contributed by atoms with E-state index in [1.165, 1.54) is 19.3 Å². The van der Waals surface area contributed by atoms with Crippen molar-refractivity contribution in [2.75, 3.05) is 0 Å². The summed E-state index contributed by atoms with van der Waals surface area (Å²) in [5.74, 6) is 0.506. The standard InChI is InChI=1S/C15H24N2O2S2/c1-10-9-20-14(8-16-13-6-7-13)15(10)21(18,19)17-11(2)12-4-3-5-12/h9,11-13,16-17H,3-8H2,1-2H3. The van der Waals surface area contributed by atoms with Crippen LogP contribution in [0.1, 0.15) is 49.5 Å². The van der Waals surface area contributed by atoms with E-state index in [0.29, 0.717) is 23.4 Å². The fourth-order valence-corrected chi connectivity index (χ4v) is 5.91. The van der Waals surface area contributed by atoms with Crippen molar-refractivity contribution in [1.29, 1.82) is 0 Å². The van der Waals surface area contributed by atoms with Gasteiger partial charge in [-0.1, -0.05) is 6.42 Å². The monoisotopic (exact) mass is 328 g/mol. The number of hydrogen-bond acceptors (Lipinski definition) is 4. The van der Waals surface area contributed by atoms with Gasteiger partial charge in [-0.05, 0) is 56.4 Å². The van der Waals surface area contributed by atoms with E-state index in [1.54, 1.807) is 11.3 Å². The van der Waals surface area contributed by atoms with Crippen LogP contribution < -0.4 is 10.0 Å². The molecule has 2 saturated carbocycles. The van der Waals surface area contributed by atoms with Crippen molar-refractivity contribution in [3.05, 3.63) is 15.8 Å². The molecule has 1 aromatic rings. The van der Waals surface area contributed by atoms with Gasteiger partial charge < -0.3 is 5.32 Å². The third kappa shape index (κ3) is 3.50. The number of aryl methyl sites for hydroxylation is 1. The topological polar surface area (TPSA) is 58.2 Å². The maximum atomic E-state index is 12.7. The molecular weight excluding hydrogens is 304 g/mol. The van der Waals surface area contributed by atoms with Crippen molar-refractivity contribution in [2.24, 2.45) is 5.92 Å². The van der Waals surface area contributed by atoms with Crippen LogP contribution in [-0.4, -0.2) is 20.5 Å². The van der Waals surface area contributed by atoms with E-state index in [2.05, 4.69) is 10.0 Å². The van der Waals surface area contributed by atoms with E-state index < -0.39 is 10.0 Å². The second kappa shape index (κ2) is 5.99. The van der Waals surface area contributed by atoms with E-state index in [0.717, 1.165) is 23.3 Å². The van der Waals surface area contributed by atoms with E-state index in [4.69, 9.17) is 0 Å². The Morgan fingerprint density at radius 1 is 1.33 bits per heavy atom. The smallest absolute Gasteiger partial charge is 0.242 e. The summed E-state index contributed by atoms with van der Waals surface area (Å²) in [6, 6.07) is 0.622. The predicted octanol–water partition coefficient (Wildman–Crippen LogP) is 2.78. The molecule has 0 aliphatic heterocycles. The first-order valence-corrected chi connectivity index (χ1v) is 10.2. The lowest BCUT2D eigenvalue weighted by atomic mass is 9.81. The van der Waals surface area contributed by atoms with E-state index in [-0.39, 0.29) is 6.04 Å². The van der Waals surface area contributed by atoms with Crippen LogP contribution in [0.5, 0.6) is 0 Å². The Morgan fingerprint density at radius 2 is 2.05 bits per heavy atom. The van der Waals surface area contributed by atoms with Gasteiger partial charge in [0, 0.05) is 23.5 Å². The van der Waals surface area contributed by atoms with Crippen molar-refractivity contribution < 1.29 is 8.42 Å². The maximum Gasteiger partial charge on any atom is 0.242 e. The molecule has 4 nitrogen and oxygen atoms in total. The zero-order chi connectivity index (χ0) is 15.0. The first kappa shape index (κ1) is 15.5. The van der Waals surface area contributed by atoms with E-state index in [9.17, 15) is 8.42 Å². The van der Waals surface area contributed by atoms with Gasteiger partial charge in [-0.2, -0.15) is 0 Å². The third-order valence-corrected chi connectivity index (χ3v) is 7.61. The molecular formula is C15H24N2O2S2. The van der Waals surface area contributed by atoms with Crippen LogP contribution in [0, 0.1) is 12.8 Å². The highest BCUT2D eigenvalue weighted by Gasteiger charge is 2.31. The van der Waals surface area contributed by atoms with Crippen molar-refractivity contribution >= 4 is 21.4 Å². The number of hydrogen-bond donors (Lipinski definition) is 2. The summed E-state index contributed by atoms with van der Waals surface area (Å²) in [6.45, 7) is 4.54. The minimum atomic E-state index is -3.41. The highest BCUT2D eigenvalue weighted by molar-refractivity contribution is 7.89. The molecule has 3 rings (SSSR count). The number of sulfonamides is 1. The summed E-state index contributed by atoms with van der Waals surface area (Å²) >= 11 is 1.55. The largest absolute Gasteiger partial charge is 0.309 e. The summed E-state index contributed by atoms with van der Waals surface area (Å²) in [5, 5.41) is 5.37. The van der Waals surface area contributed by atoms with Crippen molar-refractivity contribution in [1.82, 2.24) is 10.0 Å². The molecule has 0 saturated heterocycles. The summed E-state index contributed by atoms with van der Waals surface area (Å²) in [6.07, 6.45) is 5.93. The lowest BCUT2D eigenvalue weighted by molar-refractivity contribution is 0.260. The van der Waals surface area contributed by atoms with Crippen LogP contribution in [0.15, 0.2) is 10.3 Å². The summed E-state index contributed by atoms with van der Waals surface area (Å²) in [5.41, 5.74) is 0.862. The molecule has 2 aliphatic carbocycles. The predicted molar refractivity (Wildman–Crippen MR) is 86.0 cm³/mol. The highest BCUT2D eigenvalue weighted by Crippen LogP contribution is 2.32. The molecule has 2 N–H and O–H groups in total. The molecule has 118 valence electrons. The Morgan fingerprint density at radius 3 is 2.62 bits per heavy atom. The van der Waals surface area contributed by atoms with Crippen LogP contribution in [0.25, 0.3) is 0 Å². The zero-order valence-corrected chi connectivity index (χ0v) is 14.3. The van der Waals surface area contributed by atoms with Crippen molar-refractivity contribution in [3.8, 4) is 0 Å². The average molecular weight is 329 g/mol. The van der Waals surface area contributed by atoms with Crippen LogP contribution in [0.3, 0.4) is 0 Å². The quantitative estimate of drug-likeness (QED) is 0.809. The van der Waals surface area contributed by atoms with Crippen LogP contribution >= 0.6 is 11.3 Å². The van der Waals surface area contributed by atoms with Crippen molar-refractivity contribution in [2.45, 2.75) is 69.5 Å². The van der Waals surface area contributed by atoms with Gasteiger partial charge in [0.15, 0.2) is 0 Å². The van der Waals surface area contributed by atoms with Crippen LogP contribution in [0.4, 0.5) is 0 Å². The summed E-state index contributed by atoms with van der Waals surface area (Å²) in [7, 11) is -3.41. The first-order valence-electron chi connectivity index (χ1n) is 7.80. The van der Waals surface area contributed by atoms with Gasteiger partial charge in [-0.3, -0.25) is 0 Å². The molecule has 0 aromatic carbocycles. The molecule has 1 atom stereocenters. The molecule has 21 heavy (non-hydrogen) atoms. The highest BCUT2D eigenvalue weighted by atomic mass is 32.2. The van der Waals surface area contributed by atoms with Gasteiger partial charge in [0.05, 0.1) is 0 Å². The SMILES string of the molecule is Cc1csc(CNC2CC2)c1S(=O)(=O)NC(C)C1CCC1. The summed E-state index contributed by atoms with van der Waals surface area (Å²) < 4.78 is 28.3. The molecule has 6 heteroatoms. The molecule has 1 aromatic heterocycles. The van der Waals surface area contributed by atoms with Gasteiger partial charge in [-0.15, -0.1) is 11.3 Å². The molecule has 1 heterocycles. The first-order chi connectivity index (χ1) is 9.97. The van der Waals surface area contributed by atoms with Crippen LogP contribution in [0.2, 0.25) is 0 Å². The Balaban J connectivity index is 1.74. The Bertz CT molecular complexity index is 601. The molecule has 1 unspecified atom stereocenters. The Kier molecular flexibility index (Phi) is 4.41. The summed E-state index contributed by atoms with van der Waals surface area (Å²) in [4.78, 5) is 1.44. The Labute approximate surface area is 131 Å². The van der Waals surface area contributed by atoms with Gasteiger partial charge in [0.25, 0.3) is 0 Å². The third-order valence-electron chi connectivity index (χ3n) is 4.58. The van der Waals surface area contributed by atoms with Gasteiger partial charge in [0.2, 0.25) is 10.0 Å².